The van der Waals surface area contributed by atoms with Crippen molar-refractivity contribution in [3.8, 4) is 0 Å². The van der Waals surface area contributed by atoms with Gasteiger partial charge in [0, 0.05) is 6.04 Å². The number of para-hydroxylation sites is 2. The van der Waals surface area contributed by atoms with Crippen molar-refractivity contribution < 1.29 is 9.90 Å². The molecule has 2 N–H and O–H groups in total. The Morgan fingerprint density at radius 2 is 2.21 bits per heavy atom. The fourth-order valence-electron chi connectivity index (χ4n) is 1.79. The van der Waals surface area contributed by atoms with Crippen molar-refractivity contribution >= 4 is 16.9 Å². The van der Waals surface area contributed by atoms with Gasteiger partial charge in [0.25, 0.3) is 5.56 Å². The number of aliphatic hydroxyl groups is 1. The quantitative estimate of drug-likeness (QED) is 0.804. The average Bonchev–Trinajstić information content (AvgIpc) is 2.42. The van der Waals surface area contributed by atoms with E-state index in [2.05, 4.69) is 10.3 Å². The zero-order chi connectivity index (χ0) is 13.8. The number of nitrogens with one attached hydrogen (secondary N) is 1. The third kappa shape index (κ3) is 2.97. The molecule has 0 fully saturated rings. The minimum Gasteiger partial charge on any atom is -0.394 e. The summed E-state index contributed by atoms with van der Waals surface area (Å²) in [6.45, 7) is 1.45. The molecule has 0 bridgehead atoms. The average molecular weight is 261 g/mol. The Hall–Kier alpha value is -2.21. The van der Waals surface area contributed by atoms with Crippen molar-refractivity contribution in [3.63, 3.8) is 0 Å². The van der Waals surface area contributed by atoms with Crippen molar-refractivity contribution in [3.05, 3.63) is 40.8 Å². The minimum absolute atomic E-state index is 0.0911. The summed E-state index contributed by atoms with van der Waals surface area (Å²) in [5.41, 5.74) is 0.942. The molecule has 1 aromatic carbocycles. The summed E-state index contributed by atoms with van der Waals surface area (Å²) >= 11 is 0. The molecule has 1 heterocycles. The Morgan fingerprint density at radius 1 is 1.47 bits per heavy atom. The molecule has 1 aromatic heterocycles. The monoisotopic (exact) mass is 261 g/mol. The molecular weight excluding hydrogens is 246 g/mol. The van der Waals surface area contributed by atoms with Gasteiger partial charge in [-0.3, -0.25) is 14.2 Å². The second-order valence-corrected chi connectivity index (χ2v) is 4.32. The van der Waals surface area contributed by atoms with Crippen molar-refractivity contribution in [1.29, 1.82) is 0 Å². The van der Waals surface area contributed by atoms with Gasteiger partial charge in [-0.15, -0.1) is 0 Å². The molecule has 19 heavy (non-hydrogen) atoms. The highest BCUT2D eigenvalue weighted by Gasteiger charge is 2.10. The van der Waals surface area contributed by atoms with Crippen LogP contribution in [0.15, 0.2) is 35.3 Å². The first-order chi connectivity index (χ1) is 9.11. The molecule has 0 spiro atoms. The van der Waals surface area contributed by atoms with Crippen molar-refractivity contribution in [1.82, 2.24) is 14.9 Å². The van der Waals surface area contributed by atoms with Gasteiger partial charge in [0.15, 0.2) is 0 Å². The smallest absolute Gasteiger partial charge is 0.269 e. The van der Waals surface area contributed by atoms with Crippen LogP contribution in [0.25, 0.3) is 11.0 Å². The lowest BCUT2D eigenvalue weighted by atomic mass is 10.3. The topological polar surface area (TPSA) is 84.2 Å². The molecule has 1 amide bonds. The van der Waals surface area contributed by atoms with E-state index >= 15 is 0 Å². The van der Waals surface area contributed by atoms with Crippen LogP contribution in [0.3, 0.4) is 0 Å². The van der Waals surface area contributed by atoms with Gasteiger partial charge in [-0.25, -0.2) is 4.98 Å². The summed E-state index contributed by atoms with van der Waals surface area (Å²) in [5, 5.41) is 11.5. The maximum absolute atomic E-state index is 11.8. The van der Waals surface area contributed by atoms with Gasteiger partial charge in [-0.1, -0.05) is 12.1 Å². The number of amides is 1. The van der Waals surface area contributed by atoms with E-state index in [1.807, 2.05) is 6.07 Å². The molecule has 1 atom stereocenters. The first-order valence-corrected chi connectivity index (χ1v) is 5.96. The minimum atomic E-state index is -0.337. The van der Waals surface area contributed by atoms with E-state index in [1.54, 1.807) is 25.1 Å². The summed E-state index contributed by atoms with van der Waals surface area (Å²) < 4.78 is 1.36. The Balaban J connectivity index is 2.32. The molecule has 6 heteroatoms. The Kier molecular flexibility index (Phi) is 3.91. The highest BCUT2D eigenvalue weighted by molar-refractivity contribution is 5.80. The lowest BCUT2D eigenvalue weighted by Gasteiger charge is -2.13. The second-order valence-electron chi connectivity index (χ2n) is 4.32. The lowest BCUT2D eigenvalue weighted by molar-refractivity contribution is -0.122. The van der Waals surface area contributed by atoms with Crippen LogP contribution in [-0.4, -0.2) is 33.2 Å². The summed E-state index contributed by atoms with van der Waals surface area (Å²) in [4.78, 5) is 27.6. The number of hydrogen-bond donors (Lipinski definition) is 2. The molecule has 0 radical (unpaired) electrons. The molecule has 0 aliphatic rings. The number of fused-ring (bicyclic) bond motifs is 1. The van der Waals surface area contributed by atoms with E-state index < -0.39 is 0 Å². The highest BCUT2D eigenvalue weighted by atomic mass is 16.3. The van der Waals surface area contributed by atoms with Crippen LogP contribution >= 0.6 is 0 Å². The number of benzene rings is 1. The predicted molar refractivity (Wildman–Crippen MR) is 70.7 cm³/mol. The van der Waals surface area contributed by atoms with Crippen LogP contribution in [0.2, 0.25) is 0 Å². The summed E-state index contributed by atoms with van der Waals surface area (Å²) in [7, 11) is 0. The molecule has 0 saturated heterocycles. The Morgan fingerprint density at radius 3 is 2.95 bits per heavy atom. The number of carbonyl (C=O) groups excluding carboxylic acids is 1. The SMILES string of the molecule is CC(CO)NC(=O)Cn1c(=O)cnc2ccccc21. The normalized spacial score (nSPS) is 12.3. The number of hydrogen-bond acceptors (Lipinski definition) is 4. The number of rotatable bonds is 4. The van der Waals surface area contributed by atoms with Crippen molar-refractivity contribution in [2.24, 2.45) is 0 Å². The van der Waals surface area contributed by atoms with E-state index in [0.717, 1.165) is 0 Å². The zero-order valence-electron chi connectivity index (χ0n) is 10.5. The van der Waals surface area contributed by atoms with Crippen molar-refractivity contribution in [2.45, 2.75) is 19.5 Å². The number of aliphatic hydroxyl groups excluding tert-OH is 1. The number of carbonyl (C=O) groups is 1. The maximum atomic E-state index is 11.8. The molecule has 2 aromatic rings. The highest BCUT2D eigenvalue weighted by Crippen LogP contribution is 2.07. The van der Waals surface area contributed by atoms with Crippen molar-refractivity contribution in [2.75, 3.05) is 6.61 Å². The molecule has 1 unspecified atom stereocenters. The summed E-state index contributed by atoms with van der Waals surface area (Å²) in [6, 6.07) is 6.79. The molecule has 0 saturated carbocycles. The first-order valence-electron chi connectivity index (χ1n) is 5.96. The van der Waals surface area contributed by atoms with Gasteiger partial charge < -0.3 is 10.4 Å². The molecule has 2 rings (SSSR count). The fourth-order valence-corrected chi connectivity index (χ4v) is 1.79. The van der Waals surface area contributed by atoms with Crippen LogP contribution in [0.5, 0.6) is 0 Å². The summed E-state index contributed by atoms with van der Waals surface area (Å²) in [6.07, 6.45) is 1.20. The van der Waals surface area contributed by atoms with Crippen LogP contribution < -0.4 is 10.9 Å². The van der Waals surface area contributed by atoms with Crippen LogP contribution in [0, 0.1) is 0 Å². The van der Waals surface area contributed by atoms with Crippen LogP contribution in [-0.2, 0) is 11.3 Å². The lowest BCUT2D eigenvalue weighted by Crippen LogP contribution is -2.39. The molecular formula is C13H15N3O3. The van der Waals surface area contributed by atoms with Crippen LogP contribution in [0.4, 0.5) is 0 Å². The van der Waals surface area contributed by atoms with Gasteiger partial charge in [0.2, 0.25) is 5.91 Å². The molecule has 0 aliphatic heterocycles. The second kappa shape index (κ2) is 5.62. The molecule has 0 aliphatic carbocycles. The van der Waals surface area contributed by atoms with Gasteiger partial charge in [-0.2, -0.15) is 0 Å². The fraction of sp³-hybridized carbons (Fsp3) is 0.308. The van der Waals surface area contributed by atoms with Gasteiger partial charge in [0.1, 0.15) is 6.54 Å². The van der Waals surface area contributed by atoms with Gasteiger partial charge in [-0.05, 0) is 19.1 Å². The van der Waals surface area contributed by atoms with E-state index in [9.17, 15) is 9.59 Å². The van der Waals surface area contributed by atoms with Gasteiger partial charge in [0.05, 0.1) is 23.8 Å². The zero-order valence-corrected chi connectivity index (χ0v) is 10.5. The predicted octanol–water partition coefficient (Wildman–Crippen LogP) is -0.106. The maximum Gasteiger partial charge on any atom is 0.269 e. The van der Waals surface area contributed by atoms with Crippen LogP contribution in [0.1, 0.15) is 6.92 Å². The Labute approximate surface area is 109 Å². The summed E-state index contributed by atoms with van der Waals surface area (Å²) in [5.74, 6) is -0.319. The standard InChI is InChI=1S/C13H15N3O3/c1-9(8-17)15-12(18)7-16-11-5-3-2-4-10(11)14-6-13(16)19/h2-6,9,17H,7-8H2,1H3,(H,15,18). The third-order valence-corrected chi connectivity index (χ3v) is 2.74. The molecule has 6 nitrogen and oxygen atoms in total. The van der Waals surface area contributed by atoms with E-state index in [1.165, 1.54) is 10.8 Å². The Bertz CT molecular complexity index is 651. The van der Waals surface area contributed by atoms with E-state index in [0.29, 0.717) is 11.0 Å². The first kappa shape index (κ1) is 13.2. The molecule has 100 valence electrons. The largest absolute Gasteiger partial charge is 0.394 e. The number of nitrogens with zero attached hydrogens (tertiary/aromatic N) is 2. The van der Waals surface area contributed by atoms with E-state index in [4.69, 9.17) is 5.11 Å². The van der Waals surface area contributed by atoms with Gasteiger partial charge >= 0.3 is 0 Å². The van der Waals surface area contributed by atoms with E-state index in [-0.39, 0.29) is 30.7 Å². The number of aromatic nitrogens is 2. The third-order valence-electron chi connectivity index (χ3n) is 2.74.